The van der Waals surface area contributed by atoms with Crippen LogP contribution in [0.3, 0.4) is 0 Å². The third-order valence-electron chi connectivity index (χ3n) is 1.51. The molecule has 0 aromatic carbocycles. The van der Waals surface area contributed by atoms with E-state index in [0.29, 0.717) is 18.5 Å². The van der Waals surface area contributed by atoms with E-state index in [1.165, 1.54) is 0 Å². The number of hydrogen-bond acceptors (Lipinski definition) is 4. The van der Waals surface area contributed by atoms with Crippen molar-refractivity contribution in [2.45, 2.75) is 6.18 Å². The fraction of sp³-hybridized carbons (Fsp3) is 0.125. The number of carboxylic acids is 1. The number of pyridine rings is 1. The van der Waals surface area contributed by atoms with E-state index in [1.807, 2.05) is 0 Å². The molecule has 0 amide bonds. The van der Waals surface area contributed by atoms with Crippen molar-refractivity contribution in [3.8, 4) is 0 Å². The fourth-order valence-electron chi connectivity index (χ4n) is 0.824. The third kappa shape index (κ3) is 3.91. The first-order chi connectivity index (χ1) is 7.80. The molecule has 0 spiro atoms. The number of rotatable bonds is 3. The SMILES string of the molecule is O=C(O)/C=N/Nc1ncc(C(F)(F)F)cc1Cl. The second-order valence-electron chi connectivity index (χ2n) is 2.76. The number of alkyl halides is 3. The summed E-state index contributed by atoms with van der Waals surface area (Å²) in [5.41, 5.74) is 1.10. The molecule has 0 radical (unpaired) electrons. The molecule has 0 unspecified atom stereocenters. The highest BCUT2D eigenvalue weighted by atomic mass is 35.5. The third-order valence-corrected chi connectivity index (χ3v) is 1.80. The van der Waals surface area contributed by atoms with Gasteiger partial charge in [-0.15, -0.1) is 0 Å². The molecule has 1 aromatic rings. The zero-order valence-electron chi connectivity index (χ0n) is 7.99. The average Bonchev–Trinajstić information content (AvgIpc) is 2.18. The van der Waals surface area contributed by atoms with Crippen molar-refractivity contribution in [3.05, 3.63) is 22.8 Å². The lowest BCUT2D eigenvalue weighted by Gasteiger charge is -2.08. The molecule has 0 aliphatic rings. The van der Waals surface area contributed by atoms with Crippen molar-refractivity contribution in [1.82, 2.24) is 4.98 Å². The molecule has 1 heterocycles. The lowest BCUT2D eigenvalue weighted by atomic mass is 10.3. The summed E-state index contributed by atoms with van der Waals surface area (Å²) >= 11 is 5.50. The Morgan fingerprint density at radius 3 is 2.71 bits per heavy atom. The van der Waals surface area contributed by atoms with E-state index < -0.39 is 17.7 Å². The predicted molar refractivity (Wildman–Crippen MR) is 54.0 cm³/mol. The summed E-state index contributed by atoms with van der Waals surface area (Å²) in [6.45, 7) is 0. The van der Waals surface area contributed by atoms with Crippen LogP contribution in [0.1, 0.15) is 5.56 Å². The van der Waals surface area contributed by atoms with Crippen LogP contribution in [-0.4, -0.2) is 22.3 Å². The van der Waals surface area contributed by atoms with Crippen LogP contribution in [-0.2, 0) is 11.0 Å². The number of anilines is 1. The minimum absolute atomic E-state index is 0.169. The normalized spacial score (nSPS) is 11.8. The minimum atomic E-state index is -4.54. The fourth-order valence-corrected chi connectivity index (χ4v) is 1.03. The van der Waals surface area contributed by atoms with Gasteiger partial charge in [0.25, 0.3) is 0 Å². The average molecular weight is 268 g/mol. The Bertz CT molecular complexity index is 462. The number of hydrogen-bond donors (Lipinski definition) is 2. The van der Waals surface area contributed by atoms with Gasteiger partial charge in [0, 0.05) is 6.20 Å². The molecule has 17 heavy (non-hydrogen) atoms. The summed E-state index contributed by atoms with van der Waals surface area (Å²) in [6.07, 6.45) is -3.47. The second kappa shape index (κ2) is 5.00. The molecule has 92 valence electrons. The van der Waals surface area contributed by atoms with E-state index in [-0.39, 0.29) is 10.8 Å². The number of halogens is 4. The van der Waals surface area contributed by atoms with E-state index in [9.17, 15) is 18.0 Å². The summed E-state index contributed by atoms with van der Waals surface area (Å²) in [5.74, 6) is -1.49. The summed E-state index contributed by atoms with van der Waals surface area (Å²) < 4.78 is 36.7. The molecule has 9 heteroatoms. The Morgan fingerprint density at radius 1 is 1.59 bits per heavy atom. The van der Waals surface area contributed by atoms with Crippen LogP contribution in [0.15, 0.2) is 17.4 Å². The van der Waals surface area contributed by atoms with Gasteiger partial charge in [-0.2, -0.15) is 18.3 Å². The van der Waals surface area contributed by atoms with Crippen molar-refractivity contribution in [2.75, 3.05) is 5.43 Å². The van der Waals surface area contributed by atoms with Crippen molar-refractivity contribution < 1.29 is 23.1 Å². The molecule has 0 saturated heterocycles. The summed E-state index contributed by atoms with van der Waals surface area (Å²) in [4.78, 5) is 13.4. The van der Waals surface area contributed by atoms with Gasteiger partial charge in [-0.3, -0.25) is 5.43 Å². The monoisotopic (exact) mass is 267 g/mol. The number of carboxylic acid groups (broad SMARTS) is 1. The summed E-state index contributed by atoms with van der Waals surface area (Å²) in [7, 11) is 0. The van der Waals surface area contributed by atoms with Gasteiger partial charge in [0.15, 0.2) is 5.82 Å². The van der Waals surface area contributed by atoms with E-state index in [2.05, 4.69) is 15.5 Å². The van der Waals surface area contributed by atoms with Crippen molar-refractivity contribution in [2.24, 2.45) is 5.10 Å². The number of aliphatic carboxylic acids is 1. The molecule has 0 bridgehead atoms. The van der Waals surface area contributed by atoms with E-state index in [1.54, 1.807) is 0 Å². The number of hydrazone groups is 1. The van der Waals surface area contributed by atoms with Gasteiger partial charge in [0.1, 0.15) is 6.21 Å². The topological polar surface area (TPSA) is 74.6 Å². The number of carbonyl (C=O) groups is 1. The standard InChI is InChI=1S/C8H5ClF3N3O2/c9-5-1-4(8(10,11)12)2-13-7(5)15-14-3-6(16)17/h1-3H,(H,13,15)(H,16,17)/b14-3+. The Morgan fingerprint density at radius 2 is 2.24 bits per heavy atom. The second-order valence-corrected chi connectivity index (χ2v) is 3.17. The van der Waals surface area contributed by atoms with Crippen LogP contribution in [0.2, 0.25) is 5.02 Å². The molecular weight excluding hydrogens is 263 g/mol. The highest BCUT2D eigenvalue weighted by Crippen LogP contribution is 2.32. The lowest BCUT2D eigenvalue weighted by molar-refractivity contribution is -0.137. The Kier molecular flexibility index (Phi) is 3.89. The Hall–Kier alpha value is -1.83. The molecule has 1 rings (SSSR count). The van der Waals surface area contributed by atoms with E-state index >= 15 is 0 Å². The van der Waals surface area contributed by atoms with Crippen molar-refractivity contribution in [3.63, 3.8) is 0 Å². The zero-order valence-corrected chi connectivity index (χ0v) is 8.75. The maximum absolute atomic E-state index is 12.2. The number of nitrogens with one attached hydrogen (secondary N) is 1. The van der Waals surface area contributed by atoms with E-state index in [4.69, 9.17) is 16.7 Å². The summed E-state index contributed by atoms with van der Waals surface area (Å²) in [6, 6.07) is 0.660. The van der Waals surface area contributed by atoms with Crippen molar-refractivity contribution >= 4 is 29.6 Å². The van der Waals surface area contributed by atoms with Gasteiger partial charge in [0.2, 0.25) is 0 Å². The molecule has 0 saturated carbocycles. The molecule has 0 aliphatic carbocycles. The molecule has 0 fully saturated rings. The highest BCUT2D eigenvalue weighted by Gasteiger charge is 2.31. The molecule has 1 aromatic heterocycles. The van der Waals surface area contributed by atoms with Crippen LogP contribution in [0.5, 0.6) is 0 Å². The summed E-state index contributed by atoms with van der Waals surface area (Å²) in [5, 5.41) is 11.1. The van der Waals surface area contributed by atoms with Crippen LogP contribution >= 0.6 is 11.6 Å². The van der Waals surface area contributed by atoms with Gasteiger partial charge < -0.3 is 5.11 Å². The lowest BCUT2D eigenvalue weighted by Crippen LogP contribution is -2.07. The predicted octanol–water partition coefficient (Wildman–Crippen LogP) is 2.24. The van der Waals surface area contributed by atoms with Crippen molar-refractivity contribution in [1.29, 1.82) is 0 Å². The molecule has 0 atom stereocenters. The minimum Gasteiger partial charge on any atom is -0.477 e. The van der Waals surface area contributed by atoms with Gasteiger partial charge in [-0.05, 0) is 6.07 Å². The molecule has 2 N–H and O–H groups in total. The van der Waals surface area contributed by atoms with Crippen LogP contribution in [0.25, 0.3) is 0 Å². The largest absolute Gasteiger partial charge is 0.477 e. The first-order valence-corrected chi connectivity index (χ1v) is 4.43. The zero-order chi connectivity index (χ0) is 13.1. The Labute approximate surface area is 97.9 Å². The molecule has 0 aliphatic heterocycles. The van der Waals surface area contributed by atoms with Crippen LogP contribution in [0, 0.1) is 0 Å². The first-order valence-electron chi connectivity index (χ1n) is 4.05. The van der Waals surface area contributed by atoms with Crippen LogP contribution < -0.4 is 5.43 Å². The van der Waals surface area contributed by atoms with Crippen LogP contribution in [0.4, 0.5) is 19.0 Å². The number of aromatic nitrogens is 1. The smallest absolute Gasteiger partial charge is 0.417 e. The molecular formula is C8H5ClF3N3O2. The highest BCUT2D eigenvalue weighted by molar-refractivity contribution is 6.33. The van der Waals surface area contributed by atoms with Gasteiger partial charge in [-0.25, -0.2) is 9.78 Å². The Balaban J connectivity index is 2.87. The quantitative estimate of drug-likeness (QED) is 0.650. The molecule has 5 nitrogen and oxygen atoms in total. The van der Waals surface area contributed by atoms with Gasteiger partial charge >= 0.3 is 12.1 Å². The maximum Gasteiger partial charge on any atom is 0.417 e. The maximum atomic E-state index is 12.2. The van der Waals surface area contributed by atoms with Gasteiger partial charge in [-0.1, -0.05) is 11.6 Å². The van der Waals surface area contributed by atoms with E-state index in [0.717, 1.165) is 0 Å². The number of nitrogens with zero attached hydrogens (tertiary/aromatic N) is 2. The van der Waals surface area contributed by atoms with Gasteiger partial charge in [0.05, 0.1) is 10.6 Å². The first kappa shape index (κ1) is 13.2.